The molecule has 9 heavy (non-hydrogen) atoms. The van der Waals surface area contributed by atoms with E-state index in [0.29, 0.717) is 0 Å². The molecule has 1 aromatic rings. The van der Waals surface area contributed by atoms with E-state index in [9.17, 15) is 0 Å². The maximum atomic E-state index is 3.47. The van der Waals surface area contributed by atoms with Crippen LogP contribution in [0.15, 0.2) is 27.1 Å². The molecule has 0 spiro atoms. The number of benzene rings is 1. The Bertz CT molecular complexity index is 202. The molecular weight excluding hydrogens is 260 g/mol. The van der Waals surface area contributed by atoms with Gasteiger partial charge < -0.3 is 0 Å². The Kier molecular flexibility index (Phi) is 2.49. The van der Waals surface area contributed by atoms with Gasteiger partial charge in [0, 0.05) is 19.2 Å². The molecule has 0 atom stereocenters. The van der Waals surface area contributed by atoms with Crippen LogP contribution in [0.2, 0.25) is 0 Å². The molecule has 0 N–H and O–H groups in total. The van der Waals surface area contributed by atoms with E-state index in [1.807, 2.05) is 6.07 Å². The fourth-order valence-electron chi connectivity index (χ4n) is 0.612. The Hall–Kier alpha value is 0.397. The highest BCUT2D eigenvalue weighted by atomic mass is 79.9. The monoisotopic (exact) mass is 264 g/mol. The molecule has 1 aromatic carbocycles. The fourth-order valence-corrected chi connectivity index (χ4v) is 2.17. The summed E-state index contributed by atoms with van der Waals surface area (Å²) in [6.45, 7) is 0. The normalized spacial score (nSPS) is 10.0. The summed E-state index contributed by atoms with van der Waals surface area (Å²) < 4.78 is 2.35. The Morgan fingerprint density at radius 3 is 2.33 bits per heavy atom. The van der Waals surface area contributed by atoms with Crippen molar-refractivity contribution in [1.82, 2.24) is 0 Å². The van der Waals surface area contributed by atoms with Crippen molar-refractivity contribution in [2.24, 2.45) is 0 Å². The molecule has 3 heteroatoms. The van der Waals surface area contributed by atoms with Gasteiger partial charge in [0.15, 0.2) is 0 Å². The molecule has 0 saturated heterocycles. The minimum Gasteiger partial charge on any atom is -0.0629 e. The van der Waals surface area contributed by atoms with Gasteiger partial charge in [-0.1, -0.05) is 17.3 Å². The summed E-state index contributed by atoms with van der Waals surface area (Å²) in [7, 11) is 1.10. The third kappa shape index (κ3) is 1.66. The van der Waals surface area contributed by atoms with E-state index < -0.39 is 0 Å². The molecule has 0 nitrogen and oxygen atoms in total. The first kappa shape index (κ1) is 7.50. The van der Waals surface area contributed by atoms with Crippen molar-refractivity contribution in [3.05, 3.63) is 27.1 Å². The first-order valence-electron chi connectivity index (χ1n) is 2.62. The number of hydrogen-bond acceptors (Lipinski definition) is 0. The Labute approximate surface area is 74.3 Å². The molecule has 0 fully saturated rings. The quantitative estimate of drug-likeness (QED) is 0.619. The maximum absolute atomic E-state index is 3.47. The predicted molar refractivity (Wildman–Crippen MR) is 51.4 cm³/mol. The highest BCUT2D eigenvalue weighted by molar-refractivity contribution is 9.13. The lowest BCUT2D eigenvalue weighted by atomic mass is 10.4. The van der Waals surface area contributed by atoms with E-state index in [4.69, 9.17) is 0 Å². The van der Waals surface area contributed by atoms with Crippen LogP contribution in [0, 0.1) is 0 Å². The molecule has 0 bridgehead atoms. The van der Waals surface area contributed by atoms with E-state index in [1.54, 1.807) is 0 Å². The second-order valence-electron chi connectivity index (χ2n) is 1.87. The van der Waals surface area contributed by atoms with E-state index in [0.717, 1.165) is 14.7 Å². The van der Waals surface area contributed by atoms with Crippen LogP contribution >= 0.6 is 31.9 Å². The average Bonchev–Trinajstić information content (AvgIpc) is 1.83. The van der Waals surface area contributed by atoms with Crippen molar-refractivity contribution in [2.75, 3.05) is 0 Å². The molecule has 0 unspecified atom stereocenters. The summed E-state index contributed by atoms with van der Waals surface area (Å²) in [6.07, 6.45) is 0. The predicted octanol–water partition coefficient (Wildman–Crippen LogP) is 1.20. The molecule has 0 aliphatic rings. The summed E-state index contributed by atoms with van der Waals surface area (Å²) in [5.41, 5.74) is 0. The van der Waals surface area contributed by atoms with Gasteiger partial charge in [-0.15, -0.1) is 0 Å². The molecule has 0 heterocycles. The van der Waals surface area contributed by atoms with Gasteiger partial charge in [-0.25, -0.2) is 0 Å². The minimum atomic E-state index is 1.10. The van der Waals surface area contributed by atoms with E-state index in [2.05, 4.69) is 44.0 Å². The van der Waals surface area contributed by atoms with Crippen LogP contribution in [0.25, 0.3) is 0 Å². The topological polar surface area (TPSA) is 0 Å². The van der Waals surface area contributed by atoms with E-state index in [1.165, 1.54) is 9.66 Å². The van der Waals surface area contributed by atoms with Crippen LogP contribution in [0.3, 0.4) is 0 Å². The van der Waals surface area contributed by atoms with Gasteiger partial charge in [-0.05, 0) is 37.9 Å². The van der Waals surface area contributed by atoms with E-state index >= 15 is 0 Å². The van der Waals surface area contributed by atoms with Gasteiger partial charge in [-0.3, -0.25) is 0 Å². The highest BCUT2D eigenvalue weighted by Crippen LogP contribution is 2.18. The van der Waals surface area contributed by atoms with Gasteiger partial charge in [-0.2, -0.15) is 0 Å². The Balaban J connectivity index is 3.25. The summed E-state index contributed by atoms with van der Waals surface area (Å²) in [5.74, 6) is 0. The molecule has 1 rings (SSSR count). The molecule has 0 aliphatic heterocycles. The third-order valence-electron chi connectivity index (χ3n) is 1.14. The zero-order valence-corrected chi connectivity index (χ0v) is 10.2. The first-order valence-corrected chi connectivity index (χ1v) is 5.21. The SMILES string of the molecule is [SiH3]c1cccc(Br)c1Br. The molecule has 0 aromatic heterocycles. The number of rotatable bonds is 0. The number of halogens is 2. The van der Waals surface area contributed by atoms with Crippen LogP contribution in [-0.4, -0.2) is 10.2 Å². The van der Waals surface area contributed by atoms with Gasteiger partial charge >= 0.3 is 0 Å². The maximum Gasteiger partial charge on any atom is 0.0400 e. The van der Waals surface area contributed by atoms with Crippen LogP contribution in [0.1, 0.15) is 0 Å². The van der Waals surface area contributed by atoms with Crippen LogP contribution < -0.4 is 5.19 Å². The zero-order valence-electron chi connectivity index (χ0n) is 4.99. The summed E-state index contributed by atoms with van der Waals surface area (Å²) in [5, 5.41) is 1.39. The van der Waals surface area contributed by atoms with Crippen molar-refractivity contribution in [3.8, 4) is 0 Å². The first-order chi connectivity index (χ1) is 4.22. The van der Waals surface area contributed by atoms with Crippen molar-refractivity contribution in [1.29, 1.82) is 0 Å². The van der Waals surface area contributed by atoms with Crippen LogP contribution in [0.4, 0.5) is 0 Å². The Morgan fingerprint density at radius 2 is 1.89 bits per heavy atom. The Morgan fingerprint density at radius 1 is 1.22 bits per heavy atom. The highest BCUT2D eigenvalue weighted by Gasteiger charge is 1.95. The van der Waals surface area contributed by atoms with Crippen LogP contribution in [0.5, 0.6) is 0 Å². The molecular formula is C6H6Br2Si. The van der Waals surface area contributed by atoms with E-state index in [-0.39, 0.29) is 0 Å². The second kappa shape index (κ2) is 2.99. The largest absolute Gasteiger partial charge is 0.0629 e. The lowest BCUT2D eigenvalue weighted by molar-refractivity contribution is 1.64. The molecule has 0 saturated carbocycles. The molecule has 0 radical (unpaired) electrons. The average molecular weight is 266 g/mol. The van der Waals surface area contributed by atoms with Gasteiger partial charge in [0.05, 0.1) is 0 Å². The van der Waals surface area contributed by atoms with Crippen molar-refractivity contribution in [2.45, 2.75) is 0 Å². The van der Waals surface area contributed by atoms with Crippen molar-refractivity contribution >= 4 is 47.3 Å². The lowest BCUT2D eigenvalue weighted by Crippen LogP contribution is -2.02. The van der Waals surface area contributed by atoms with Crippen LogP contribution in [-0.2, 0) is 0 Å². The van der Waals surface area contributed by atoms with Crippen molar-refractivity contribution < 1.29 is 0 Å². The second-order valence-corrected chi connectivity index (χ2v) is 4.60. The smallest absolute Gasteiger partial charge is 0.0400 e. The minimum absolute atomic E-state index is 1.10. The summed E-state index contributed by atoms with van der Waals surface area (Å²) in [4.78, 5) is 0. The number of hydrogen-bond donors (Lipinski definition) is 0. The lowest BCUT2D eigenvalue weighted by Gasteiger charge is -1.97. The standard InChI is InChI=1S/C6H6Br2Si/c7-4-2-1-3-5(9)6(4)8/h1-3H,9H3. The molecule has 0 aliphatic carbocycles. The fraction of sp³-hybridized carbons (Fsp3) is 0. The summed E-state index contributed by atoms with van der Waals surface area (Å²) >= 11 is 6.89. The zero-order chi connectivity index (χ0) is 6.85. The van der Waals surface area contributed by atoms with Crippen molar-refractivity contribution in [3.63, 3.8) is 0 Å². The molecule has 48 valence electrons. The van der Waals surface area contributed by atoms with Gasteiger partial charge in [0.2, 0.25) is 0 Å². The summed E-state index contributed by atoms with van der Waals surface area (Å²) in [6, 6.07) is 6.21. The van der Waals surface area contributed by atoms with Gasteiger partial charge in [0.25, 0.3) is 0 Å². The molecule has 0 amide bonds. The third-order valence-corrected chi connectivity index (χ3v) is 4.96. The van der Waals surface area contributed by atoms with Gasteiger partial charge in [0.1, 0.15) is 0 Å².